The fraction of sp³-hybridized carbons (Fsp3) is 0.389. The number of aliphatic hydroxyl groups is 1. The van der Waals surface area contributed by atoms with Crippen molar-refractivity contribution in [1.82, 2.24) is 16.0 Å². The van der Waals surface area contributed by atoms with Crippen molar-refractivity contribution in [3.63, 3.8) is 0 Å². The van der Waals surface area contributed by atoms with Crippen molar-refractivity contribution in [2.45, 2.75) is 31.7 Å². The van der Waals surface area contributed by atoms with Gasteiger partial charge in [0.15, 0.2) is 0 Å². The van der Waals surface area contributed by atoms with Gasteiger partial charge >= 0.3 is 11.9 Å². The Balaban J connectivity index is 2.59. The summed E-state index contributed by atoms with van der Waals surface area (Å²) in [5, 5.41) is 36.0. The van der Waals surface area contributed by atoms with Gasteiger partial charge in [-0.3, -0.25) is 19.2 Å². The molecule has 0 aromatic heterocycles. The number of hydrogen-bond acceptors (Lipinski definition) is 8. The molecule has 0 radical (unpaired) electrons. The highest BCUT2D eigenvalue weighted by Crippen LogP contribution is 2.09. The average molecular weight is 441 g/mol. The number of carbonyl (C=O) groups excluding carboxylic acids is 2. The van der Waals surface area contributed by atoms with Gasteiger partial charge in [0, 0.05) is 5.41 Å². The van der Waals surface area contributed by atoms with Gasteiger partial charge in [0.1, 0.15) is 24.5 Å². The third kappa shape index (κ3) is 10.5. The maximum atomic E-state index is 12.1. The Morgan fingerprint density at radius 3 is 2.37 bits per heavy atom. The van der Waals surface area contributed by atoms with Crippen molar-refractivity contribution in [3.8, 4) is 0 Å². The molecule has 166 valence electrons. The van der Waals surface area contributed by atoms with E-state index in [1.54, 1.807) is 0 Å². The van der Waals surface area contributed by atoms with E-state index >= 15 is 0 Å². The number of carbonyl (C=O) groups is 4. The van der Waals surface area contributed by atoms with Crippen LogP contribution in [0.15, 0.2) is 35.4 Å². The molecule has 30 heavy (non-hydrogen) atoms. The van der Waals surface area contributed by atoms with Crippen molar-refractivity contribution in [2.75, 3.05) is 12.3 Å². The quantitative estimate of drug-likeness (QED) is 0.106. The van der Waals surface area contributed by atoms with Gasteiger partial charge in [-0.25, -0.2) is 12.1 Å². The van der Waals surface area contributed by atoms with Crippen LogP contribution in [0.25, 0.3) is 0 Å². The highest BCUT2D eigenvalue weighted by atomic mass is 32.2. The van der Waals surface area contributed by atoms with Crippen LogP contribution in [0.2, 0.25) is 0 Å². The van der Waals surface area contributed by atoms with E-state index in [9.17, 15) is 24.3 Å². The fourth-order valence-electron chi connectivity index (χ4n) is 2.10. The van der Waals surface area contributed by atoms with Gasteiger partial charge in [-0.15, -0.1) is 17.3 Å². The van der Waals surface area contributed by atoms with Gasteiger partial charge < -0.3 is 37.0 Å². The summed E-state index contributed by atoms with van der Waals surface area (Å²) in [6, 6.07) is 6.25. The van der Waals surface area contributed by atoms with E-state index in [0.29, 0.717) is 6.54 Å². The van der Waals surface area contributed by atoms with Gasteiger partial charge in [-0.05, 0) is 19.4 Å². The van der Waals surface area contributed by atoms with Gasteiger partial charge in [0.2, 0.25) is 5.91 Å². The molecule has 0 aliphatic heterocycles. The number of carboxylic acids is 2. The monoisotopic (exact) mass is 441 g/mol. The van der Waals surface area contributed by atoms with Crippen LogP contribution in [0.1, 0.15) is 18.4 Å². The molecule has 0 aliphatic rings. The minimum Gasteiger partial charge on any atom is -0.480 e. The zero-order chi connectivity index (χ0) is 22.5. The van der Waals surface area contributed by atoms with E-state index in [4.69, 9.17) is 15.9 Å². The molecule has 8 N–H and O–H groups in total. The lowest BCUT2D eigenvalue weighted by molar-refractivity contribution is -0.139. The van der Waals surface area contributed by atoms with Crippen molar-refractivity contribution >= 4 is 35.5 Å². The van der Waals surface area contributed by atoms with Crippen molar-refractivity contribution in [3.05, 3.63) is 40.9 Å². The minimum absolute atomic E-state index is 0.0158. The predicted molar refractivity (Wildman–Crippen MR) is 109 cm³/mol. The van der Waals surface area contributed by atoms with Crippen molar-refractivity contribution in [1.29, 1.82) is 0 Å². The first kappa shape index (κ1) is 25.1. The normalized spacial score (nSPS) is 13.2. The van der Waals surface area contributed by atoms with E-state index < -0.39 is 36.7 Å². The summed E-state index contributed by atoms with van der Waals surface area (Å²) in [4.78, 5) is 45.4. The first-order valence-electron chi connectivity index (χ1n) is 8.91. The molecule has 0 saturated heterocycles. The van der Waals surface area contributed by atoms with Crippen LogP contribution in [-0.4, -0.2) is 63.6 Å². The molecule has 1 aromatic rings. The molecule has 0 heterocycles. The van der Waals surface area contributed by atoms with Gasteiger partial charge in [-0.2, -0.15) is 12.1 Å². The maximum absolute atomic E-state index is 12.1. The lowest BCUT2D eigenvalue weighted by atomic mass is 10.1. The molecule has 0 bridgehead atoms. The number of hydrogen-bond donors (Lipinski definition) is 7. The topological polar surface area (TPSA) is 191 Å². The minimum atomic E-state index is -1.30. The summed E-state index contributed by atoms with van der Waals surface area (Å²) in [7, 11) is 0. The first-order valence-corrected chi connectivity index (χ1v) is 9.96. The Bertz CT molecular complexity index is 752. The Hall–Kier alpha value is -2.96. The molecular weight excluding hydrogens is 416 g/mol. The predicted octanol–water partition coefficient (Wildman–Crippen LogP) is -1.10. The largest absolute Gasteiger partial charge is 0.480 e. The van der Waals surface area contributed by atoms with E-state index in [0.717, 1.165) is 17.3 Å². The van der Waals surface area contributed by atoms with E-state index in [1.165, 1.54) is 5.41 Å². The molecule has 0 unspecified atom stereocenters. The molecule has 0 aliphatic carbocycles. The highest BCUT2D eigenvalue weighted by molar-refractivity contribution is 8.02. The van der Waals surface area contributed by atoms with Crippen LogP contribution in [-0.2, 0) is 25.7 Å². The molecule has 11 nitrogen and oxygen atoms in total. The zero-order valence-corrected chi connectivity index (χ0v) is 16.9. The fourth-order valence-corrected chi connectivity index (χ4v) is 2.78. The number of thioether (sulfide) groups is 1. The molecule has 0 fully saturated rings. The number of rotatable bonds is 14. The Labute approximate surface area is 177 Å². The third-order valence-corrected chi connectivity index (χ3v) is 4.50. The van der Waals surface area contributed by atoms with E-state index in [-0.39, 0.29) is 30.2 Å². The second-order valence-corrected chi connectivity index (χ2v) is 7.03. The maximum Gasteiger partial charge on any atom is 0.322 e. The number of nitrogens with two attached hydrogens (primary N) is 1. The number of aliphatic hydroxyl groups excluding tert-OH is 1. The molecule has 1 aromatic carbocycles. The summed E-state index contributed by atoms with van der Waals surface area (Å²) in [6.07, 6.45) is -1.42. The summed E-state index contributed by atoms with van der Waals surface area (Å²) in [5.74, 6) is -3.58. The summed E-state index contributed by atoms with van der Waals surface area (Å²) in [5.41, 5.74) is 6.15. The lowest BCUT2D eigenvalue weighted by Crippen LogP contribution is -2.40. The summed E-state index contributed by atoms with van der Waals surface area (Å²) >= 11 is 0.966. The average Bonchev–Trinajstić information content (AvgIpc) is 3.21. The van der Waals surface area contributed by atoms with Crippen molar-refractivity contribution < 1.29 is 34.5 Å². The zero-order valence-electron chi connectivity index (χ0n) is 16.0. The number of nitrogens with one attached hydrogen (secondary N) is 3. The van der Waals surface area contributed by atoms with Gasteiger partial charge in [-0.1, -0.05) is 0 Å². The summed E-state index contributed by atoms with van der Waals surface area (Å²) in [6.45, 7) is -0.272. The summed E-state index contributed by atoms with van der Waals surface area (Å²) < 4.78 is 0. The number of amides is 2. The number of aliphatic carboxylic acids is 2. The molecule has 0 saturated carbocycles. The third-order valence-electron chi connectivity index (χ3n) is 3.67. The first-order chi connectivity index (χ1) is 14.2. The Morgan fingerprint density at radius 2 is 1.77 bits per heavy atom. The Morgan fingerprint density at radius 1 is 1.10 bits per heavy atom. The highest BCUT2D eigenvalue weighted by Gasteiger charge is 2.17. The SMILES string of the molecule is N[C@@H](CC[C@H](O)N/C(=C\SCC(=O)NC[c-]1cccc1)C(=O)NCC(=O)O)C(=O)O. The molecule has 2 atom stereocenters. The molecule has 1 rings (SSSR count). The second kappa shape index (κ2) is 13.3. The van der Waals surface area contributed by atoms with Crippen LogP contribution in [0, 0.1) is 0 Å². The molecular formula is C18H25N4O7S-. The van der Waals surface area contributed by atoms with E-state index in [1.807, 2.05) is 24.3 Å². The smallest absolute Gasteiger partial charge is 0.322 e. The number of carboxylic acid groups (broad SMARTS) is 2. The molecule has 12 heteroatoms. The van der Waals surface area contributed by atoms with Crippen molar-refractivity contribution in [2.24, 2.45) is 5.73 Å². The van der Waals surface area contributed by atoms with Crippen LogP contribution in [0.4, 0.5) is 0 Å². The second-order valence-electron chi connectivity index (χ2n) is 6.17. The van der Waals surface area contributed by atoms with Crippen LogP contribution >= 0.6 is 11.8 Å². The van der Waals surface area contributed by atoms with Crippen LogP contribution in [0.3, 0.4) is 0 Å². The van der Waals surface area contributed by atoms with Crippen LogP contribution < -0.4 is 21.7 Å². The van der Waals surface area contributed by atoms with Crippen LogP contribution in [0.5, 0.6) is 0 Å². The van der Waals surface area contributed by atoms with Gasteiger partial charge in [0.05, 0.1) is 5.75 Å². The molecule has 0 spiro atoms. The van der Waals surface area contributed by atoms with Gasteiger partial charge in [0.25, 0.3) is 5.91 Å². The standard InChI is InChI=1S/C18H25N4O7S/c19-12(18(28)29)5-6-14(23)22-13(17(27)21-8-16(25)26)9-30-10-15(24)20-7-11-3-1-2-4-11/h1-4,9,12,14,22-23H,5-8,10,19H2,(H,20,24)(H,21,27)(H,25,26)(H,28,29)/q-1/b13-9-/t12-,14-/m0/s1. The van der Waals surface area contributed by atoms with E-state index in [2.05, 4.69) is 16.0 Å². The molecule has 2 amide bonds. The Kier molecular flexibility index (Phi) is 11.1. The lowest BCUT2D eigenvalue weighted by Gasteiger charge is -2.17.